The largest absolute Gasteiger partial charge is 0.197 e. The molecule has 0 amide bonds. The van der Waals surface area contributed by atoms with Crippen LogP contribution in [-0.4, -0.2) is 0 Å². The highest BCUT2D eigenvalue weighted by molar-refractivity contribution is 5.79. The number of hydrogen-bond acceptors (Lipinski definition) is 1. The summed E-state index contributed by atoms with van der Waals surface area (Å²) in [6.07, 6.45) is 5.76. The molecule has 0 heterocycles. The summed E-state index contributed by atoms with van der Waals surface area (Å²) in [6.45, 7) is 0. The second-order valence-corrected chi connectivity index (χ2v) is 6.48. The molecule has 21 heavy (non-hydrogen) atoms. The molecule has 3 aliphatic rings. The van der Waals surface area contributed by atoms with Gasteiger partial charge in [-0.25, -0.2) is 0 Å². The van der Waals surface area contributed by atoms with Crippen molar-refractivity contribution in [3.8, 4) is 17.2 Å². The molecule has 2 bridgehead atoms. The molecule has 1 fully saturated rings. The Labute approximate surface area is 124 Å². The lowest BCUT2D eigenvalue weighted by Gasteiger charge is -2.42. The molecule has 0 aliphatic heterocycles. The van der Waals surface area contributed by atoms with E-state index in [1.165, 1.54) is 22.3 Å². The molecule has 0 radical (unpaired) electrons. The first-order chi connectivity index (χ1) is 10.4. The fourth-order valence-corrected chi connectivity index (χ4v) is 5.03. The number of nitrogens with zero attached hydrogens (tertiary/aromatic N) is 1. The van der Waals surface area contributed by atoms with Crippen molar-refractivity contribution in [1.29, 1.82) is 5.26 Å². The minimum Gasteiger partial charge on any atom is -0.197 e. The van der Waals surface area contributed by atoms with Crippen molar-refractivity contribution < 1.29 is 0 Å². The van der Waals surface area contributed by atoms with Crippen LogP contribution in [0.5, 0.6) is 0 Å². The van der Waals surface area contributed by atoms with Crippen molar-refractivity contribution in [1.82, 2.24) is 0 Å². The van der Waals surface area contributed by atoms with Crippen LogP contribution in [0.25, 0.3) is 11.1 Å². The van der Waals surface area contributed by atoms with Gasteiger partial charge in [-0.2, -0.15) is 5.26 Å². The van der Waals surface area contributed by atoms with Crippen LogP contribution in [0.3, 0.4) is 0 Å². The Kier molecular flexibility index (Phi) is 1.97. The van der Waals surface area contributed by atoms with Crippen LogP contribution in [0.1, 0.15) is 23.5 Å². The molecule has 2 aromatic rings. The van der Waals surface area contributed by atoms with Crippen molar-refractivity contribution in [3.63, 3.8) is 0 Å². The van der Waals surface area contributed by atoms with Crippen LogP contribution in [0.4, 0.5) is 0 Å². The van der Waals surface area contributed by atoms with Crippen LogP contribution in [-0.2, 0) is 5.41 Å². The average Bonchev–Trinajstić information content (AvgIpc) is 3.15. The highest BCUT2D eigenvalue weighted by atomic mass is 14.6. The summed E-state index contributed by atoms with van der Waals surface area (Å²) in [7, 11) is 0. The maximum absolute atomic E-state index is 10.2. The zero-order chi connectivity index (χ0) is 14.0. The van der Waals surface area contributed by atoms with Gasteiger partial charge in [0.05, 0.1) is 11.5 Å². The molecule has 3 aliphatic carbocycles. The van der Waals surface area contributed by atoms with Gasteiger partial charge in [-0.15, -0.1) is 0 Å². The van der Waals surface area contributed by atoms with Gasteiger partial charge in [-0.05, 0) is 34.6 Å². The summed E-state index contributed by atoms with van der Waals surface area (Å²) in [5.41, 5.74) is 4.84. The van der Waals surface area contributed by atoms with Gasteiger partial charge in [0.25, 0.3) is 0 Å². The summed E-state index contributed by atoms with van der Waals surface area (Å²) in [6, 6.07) is 20.0. The van der Waals surface area contributed by atoms with E-state index >= 15 is 0 Å². The Morgan fingerprint density at radius 3 is 2.57 bits per heavy atom. The van der Waals surface area contributed by atoms with E-state index in [1.807, 2.05) is 0 Å². The number of allylic oxidation sites excluding steroid dienone is 2. The third-order valence-electron chi connectivity index (χ3n) is 5.76. The van der Waals surface area contributed by atoms with Crippen LogP contribution < -0.4 is 0 Å². The van der Waals surface area contributed by atoms with Gasteiger partial charge in [0.1, 0.15) is 0 Å². The van der Waals surface area contributed by atoms with Crippen molar-refractivity contribution in [2.24, 2.45) is 11.8 Å². The van der Waals surface area contributed by atoms with E-state index in [0.29, 0.717) is 17.8 Å². The SMILES string of the molecule is N#C[C@]12c3ccccc3-c3ccccc3C1C1C=CC2C1. The van der Waals surface area contributed by atoms with Gasteiger partial charge < -0.3 is 0 Å². The fraction of sp³-hybridized carbons (Fsp3) is 0.250. The molecule has 0 spiro atoms. The standard InChI is InChI=1S/C20H15N/c21-12-20-14-10-9-13(11-14)19(20)17-7-2-1-5-15(17)16-6-3-4-8-18(16)20/h1-10,13-14,19H,11H2/t13?,14?,19?,20-/m0/s1. The number of fused-ring (bicyclic) bond motifs is 10. The molecule has 2 aromatic carbocycles. The third-order valence-corrected chi connectivity index (χ3v) is 5.76. The predicted molar refractivity (Wildman–Crippen MR) is 82.6 cm³/mol. The maximum Gasteiger partial charge on any atom is 0.0964 e. The lowest BCUT2D eigenvalue weighted by molar-refractivity contribution is 0.401. The van der Waals surface area contributed by atoms with E-state index in [-0.39, 0.29) is 5.41 Å². The van der Waals surface area contributed by atoms with E-state index in [2.05, 4.69) is 66.8 Å². The summed E-state index contributed by atoms with van der Waals surface area (Å²) in [5.74, 6) is 1.21. The highest BCUT2D eigenvalue weighted by Gasteiger charge is 2.60. The zero-order valence-electron chi connectivity index (χ0n) is 11.7. The minimum absolute atomic E-state index is 0.323. The molecular formula is C20H15N. The molecular weight excluding hydrogens is 254 g/mol. The molecule has 100 valence electrons. The van der Waals surface area contributed by atoms with Crippen molar-refractivity contribution in [3.05, 3.63) is 71.8 Å². The van der Waals surface area contributed by atoms with Gasteiger partial charge in [0.15, 0.2) is 0 Å². The summed E-state index contributed by atoms with van der Waals surface area (Å²) >= 11 is 0. The molecule has 5 rings (SSSR count). The quantitative estimate of drug-likeness (QED) is 0.649. The number of hydrogen-bond donors (Lipinski definition) is 0. The first kappa shape index (κ1) is 11.3. The van der Waals surface area contributed by atoms with E-state index in [4.69, 9.17) is 0 Å². The molecule has 1 nitrogen and oxygen atoms in total. The first-order valence-corrected chi connectivity index (χ1v) is 7.64. The monoisotopic (exact) mass is 269 g/mol. The summed E-state index contributed by atoms with van der Waals surface area (Å²) in [4.78, 5) is 0. The van der Waals surface area contributed by atoms with Gasteiger partial charge in [-0.1, -0.05) is 60.7 Å². The molecule has 4 atom stereocenters. The van der Waals surface area contributed by atoms with E-state index in [9.17, 15) is 5.26 Å². The number of nitriles is 1. The Hall–Kier alpha value is -2.33. The Bertz CT molecular complexity index is 826. The van der Waals surface area contributed by atoms with E-state index in [1.54, 1.807) is 0 Å². The molecule has 1 saturated carbocycles. The normalized spacial score (nSPS) is 34.0. The second-order valence-electron chi connectivity index (χ2n) is 6.48. The summed E-state index contributed by atoms with van der Waals surface area (Å²) < 4.78 is 0. The average molecular weight is 269 g/mol. The van der Waals surface area contributed by atoms with Gasteiger partial charge in [0.2, 0.25) is 0 Å². The Morgan fingerprint density at radius 1 is 0.952 bits per heavy atom. The summed E-state index contributed by atoms with van der Waals surface area (Å²) in [5, 5.41) is 10.2. The maximum atomic E-state index is 10.2. The van der Waals surface area contributed by atoms with Crippen LogP contribution in [0.15, 0.2) is 60.7 Å². The van der Waals surface area contributed by atoms with Crippen molar-refractivity contribution in [2.75, 3.05) is 0 Å². The second kappa shape index (κ2) is 3.65. The molecule has 0 N–H and O–H groups in total. The smallest absolute Gasteiger partial charge is 0.0964 e. The number of benzene rings is 2. The van der Waals surface area contributed by atoms with Gasteiger partial charge in [-0.3, -0.25) is 0 Å². The number of rotatable bonds is 0. The van der Waals surface area contributed by atoms with Crippen molar-refractivity contribution >= 4 is 0 Å². The lowest BCUT2D eigenvalue weighted by Crippen LogP contribution is -2.39. The predicted octanol–water partition coefficient (Wildman–Crippen LogP) is 4.42. The highest BCUT2D eigenvalue weighted by Crippen LogP contribution is 2.65. The van der Waals surface area contributed by atoms with Crippen LogP contribution in [0, 0.1) is 23.2 Å². The van der Waals surface area contributed by atoms with Gasteiger partial charge in [0, 0.05) is 11.8 Å². The lowest BCUT2D eigenvalue weighted by atomic mass is 9.58. The van der Waals surface area contributed by atoms with Gasteiger partial charge >= 0.3 is 0 Å². The molecule has 0 aromatic heterocycles. The van der Waals surface area contributed by atoms with Crippen LogP contribution in [0.2, 0.25) is 0 Å². The third kappa shape index (κ3) is 1.14. The Balaban J connectivity index is 1.94. The zero-order valence-corrected chi connectivity index (χ0v) is 11.7. The minimum atomic E-state index is -0.357. The fourth-order valence-electron chi connectivity index (χ4n) is 5.03. The Morgan fingerprint density at radius 2 is 1.71 bits per heavy atom. The van der Waals surface area contributed by atoms with Crippen LogP contribution >= 0.6 is 0 Å². The van der Waals surface area contributed by atoms with Crippen molar-refractivity contribution in [2.45, 2.75) is 17.8 Å². The topological polar surface area (TPSA) is 23.8 Å². The van der Waals surface area contributed by atoms with E-state index < -0.39 is 0 Å². The first-order valence-electron chi connectivity index (χ1n) is 7.64. The van der Waals surface area contributed by atoms with E-state index in [0.717, 1.165) is 6.42 Å². The molecule has 0 saturated heterocycles. The molecule has 3 unspecified atom stereocenters. The molecule has 1 heteroatoms.